The number of nitrogens with zero attached hydrogens (tertiary/aromatic N) is 2. The van der Waals surface area contributed by atoms with Crippen molar-refractivity contribution in [3.8, 4) is 5.88 Å². The summed E-state index contributed by atoms with van der Waals surface area (Å²) in [6.07, 6.45) is -3.78. The molecule has 0 radical (unpaired) electrons. The molecule has 0 aromatic carbocycles. The second-order valence-electron chi connectivity index (χ2n) is 3.59. The Morgan fingerprint density at radius 3 is 2.79 bits per heavy atom. The summed E-state index contributed by atoms with van der Waals surface area (Å²) >= 11 is 1.26. The van der Waals surface area contributed by atoms with Crippen molar-refractivity contribution in [1.29, 1.82) is 0 Å². The smallest absolute Gasteiger partial charge is 0.340 e. The van der Waals surface area contributed by atoms with Crippen LogP contribution in [0.15, 0.2) is 11.4 Å². The summed E-state index contributed by atoms with van der Waals surface area (Å²) in [6, 6.07) is 1.58. The number of thiophene rings is 1. The molecule has 4 nitrogen and oxygen atoms in total. The molecule has 2 aromatic heterocycles. The third-order valence-electron chi connectivity index (χ3n) is 2.23. The Morgan fingerprint density at radius 2 is 2.16 bits per heavy atom. The topological polar surface area (TPSA) is 47.0 Å². The first kappa shape index (κ1) is 13.8. The van der Waals surface area contributed by atoms with E-state index in [9.17, 15) is 17.6 Å². The minimum absolute atomic E-state index is 0.143. The highest BCUT2D eigenvalue weighted by atomic mass is 32.1. The highest BCUT2D eigenvalue weighted by Gasteiger charge is 2.42. The predicted octanol–water partition coefficient (Wildman–Crippen LogP) is 3.01. The van der Waals surface area contributed by atoms with Crippen LogP contribution in [0.3, 0.4) is 0 Å². The highest BCUT2D eigenvalue weighted by molar-refractivity contribution is 7.16. The molecule has 0 bridgehead atoms. The van der Waals surface area contributed by atoms with E-state index in [4.69, 9.17) is 4.74 Å². The molecule has 2 heterocycles. The third kappa shape index (κ3) is 2.86. The molecule has 0 fully saturated rings. The van der Waals surface area contributed by atoms with Crippen molar-refractivity contribution >= 4 is 27.5 Å². The van der Waals surface area contributed by atoms with Gasteiger partial charge in [0, 0.05) is 7.05 Å². The Labute approximate surface area is 109 Å². The van der Waals surface area contributed by atoms with E-state index in [0.29, 0.717) is 10.2 Å². The molecule has 0 atom stereocenters. The molecule has 0 saturated carbocycles. The summed E-state index contributed by atoms with van der Waals surface area (Å²) in [7, 11) is 1.55. The lowest BCUT2D eigenvalue weighted by Crippen LogP contribution is -2.34. The Balaban J connectivity index is 2.27. The van der Waals surface area contributed by atoms with Crippen LogP contribution in [0.5, 0.6) is 5.88 Å². The highest BCUT2D eigenvalue weighted by Crippen LogP contribution is 2.30. The maximum Gasteiger partial charge on any atom is 0.340 e. The Morgan fingerprint density at radius 1 is 1.42 bits per heavy atom. The van der Waals surface area contributed by atoms with E-state index in [-0.39, 0.29) is 11.8 Å². The molecule has 2 aromatic rings. The Kier molecular flexibility index (Phi) is 3.74. The molecule has 104 valence electrons. The van der Waals surface area contributed by atoms with Crippen molar-refractivity contribution in [3.05, 3.63) is 11.4 Å². The number of alkyl halides is 4. The van der Waals surface area contributed by atoms with Crippen LogP contribution in [0.2, 0.25) is 0 Å². The number of anilines is 1. The van der Waals surface area contributed by atoms with E-state index >= 15 is 0 Å². The number of ether oxygens (including phenoxy) is 1. The molecule has 0 saturated heterocycles. The number of hydrogen-bond acceptors (Lipinski definition) is 5. The van der Waals surface area contributed by atoms with Gasteiger partial charge in [-0.2, -0.15) is 13.8 Å². The fourth-order valence-corrected chi connectivity index (χ4v) is 2.03. The summed E-state index contributed by atoms with van der Waals surface area (Å²) in [5.41, 5.74) is 0. The lowest BCUT2D eigenvalue weighted by molar-refractivity contribution is -0.148. The van der Waals surface area contributed by atoms with Crippen LogP contribution in [0.4, 0.5) is 23.5 Å². The van der Waals surface area contributed by atoms with Gasteiger partial charge in [-0.25, -0.2) is 13.8 Å². The molecule has 1 N–H and O–H groups in total. The average molecular weight is 295 g/mol. The number of halogens is 4. The minimum Gasteiger partial charge on any atom is -0.470 e. The number of fused-ring (bicyclic) bond motifs is 1. The summed E-state index contributed by atoms with van der Waals surface area (Å²) in [5, 5.41) is 4.73. The van der Waals surface area contributed by atoms with Gasteiger partial charge in [0.05, 0.1) is 5.39 Å². The summed E-state index contributed by atoms with van der Waals surface area (Å²) < 4.78 is 54.4. The van der Waals surface area contributed by atoms with Gasteiger partial charge in [-0.1, -0.05) is 0 Å². The zero-order valence-electron chi connectivity index (χ0n) is 9.66. The van der Waals surface area contributed by atoms with Crippen molar-refractivity contribution in [3.63, 3.8) is 0 Å². The van der Waals surface area contributed by atoms with E-state index in [2.05, 4.69) is 15.3 Å². The molecule has 19 heavy (non-hydrogen) atoms. The number of aromatic nitrogens is 2. The van der Waals surface area contributed by atoms with Crippen molar-refractivity contribution in [2.45, 2.75) is 12.3 Å². The molecule has 2 rings (SSSR count). The summed E-state index contributed by atoms with van der Waals surface area (Å²) in [5.74, 6) is -4.19. The second kappa shape index (κ2) is 5.16. The molecular weight excluding hydrogens is 286 g/mol. The van der Waals surface area contributed by atoms with Crippen LogP contribution in [-0.2, 0) is 0 Å². The van der Waals surface area contributed by atoms with Crippen LogP contribution >= 0.6 is 11.3 Å². The van der Waals surface area contributed by atoms with Crippen molar-refractivity contribution in [2.75, 3.05) is 19.0 Å². The van der Waals surface area contributed by atoms with E-state index < -0.39 is 19.0 Å². The summed E-state index contributed by atoms with van der Waals surface area (Å²) in [4.78, 5) is 8.44. The zero-order valence-corrected chi connectivity index (χ0v) is 10.5. The SMILES string of the molecule is CNc1nc(OCC(F)(F)C(F)F)c2ccsc2n1. The quantitative estimate of drug-likeness (QED) is 0.861. The van der Waals surface area contributed by atoms with Crippen LogP contribution in [0.25, 0.3) is 10.2 Å². The van der Waals surface area contributed by atoms with Gasteiger partial charge in [-0.15, -0.1) is 11.3 Å². The first-order valence-electron chi connectivity index (χ1n) is 5.16. The van der Waals surface area contributed by atoms with Crippen LogP contribution < -0.4 is 10.1 Å². The molecule has 0 aliphatic heterocycles. The van der Waals surface area contributed by atoms with Crippen molar-refractivity contribution in [2.24, 2.45) is 0 Å². The Bertz CT molecular complexity index is 575. The van der Waals surface area contributed by atoms with Gasteiger partial charge in [0.2, 0.25) is 11.8 Å². The van der Waals surface area contributed by atoms with Gasteiger partial charge in [-0.05, 0) is 11.4 Å². The maximum atomic E-state index is 12.8. The molecule has 9 heteroatoms. The van der Waals surface area contributed by atoms with Gasteiger partial charge in [0.1, 0.15) is 4.83 Å². The lowest BCUT2D eigenvalue weighted by Gasteiger charge is -2.16. The Hall–Kier alpha value is -1.64. The minimum atomic E-state index is -4.22. The maximum absolute atomic E-state index is 12.8. The van der Waals surface area contributed by atoms with E-state index in [1.165, 1.54) is 11.3 Å². The van der Waals surface area contributed by atoms with Crippen molar-refractivity contribution < 1.29 is 22.3 Å². The first-order valence-corrected chi connectivity index (χ1v) is 6.04. The molecule has 0 aliphatic carbocycles. The van der Waals surface area contributed by atoms with Gasteiger partial charge < -0.3 is 10.1 Å². The predicted molar refractivity (Wildman–Crippen MR) is 63.4 cm³/mol. The van der Waals surface area contributed by atoms with Crippen LogP contribution in [-0.4, -0.2) is 36.0 Å². The van der Waals surface area contributed by atoms with Crippen molar-refractivity contribution in [1.82, 2.24) is 9.97 Å². The van der Waals surface area contributed by atoms with Crippen LogP contribution in [0.1, 0.15) is 0 Å². The van der Waals surface area contributed by atoms with Gasteiger partial charge >= 0.3 is 12.3 Å². The fourth-order valence-electron chi connectivity index (χ4n) is 1.28. The first-order chi connectivity index (χ1) is 8.94. The normalized spacial score (nSPS) is 12.1. The molecule has 0 spiro atoms. The van der Waals surface area contributed by atoms with Gasteiger partial charge in [0.15, 0.2) is 6.61 Å². The number of hydrogen-bond donors (Lipinski definition) is 1. The second-order valence-corrected chi connectivity index (χ2v) is 4.49. The van der Waals surface area contributed by atoms with Gasteiger partial charge in [-0.3, -0.25) is 0 Å². The average Bonchev–Trinajstić information content (AvgIpc) is 2.83. The number of nitrogens with one attached hydrogen (secondary N) is 1. The van der Waals surface area contributed by atoms with Gasteiger partial charge in [0.25, 0.3) is 0 Å². The van der Waals surface area contributed by atoms with E-state index in [1.54, 1.807) is 18.5 Å². The van der Waals surface area contributed by atoms with Crippen LogP contribution in [0, 0.1) is 0 Å². The standard InChI is InChI=1S/C10H9F4N3OS/c1-15-9-16-6(5-2-3-19-7(5)17-9)18-4-10(13,14)8(11)12/h2-3,8H,4H2,1H3,(H,15,16,17). The lowest BCUT2D eigenvalue weighted by atomic mass is 10.3. The molecule has 0 amide bonds. The molecule has 0 aliphatic rings. The number of rotatable bonds is 5. The summed E-state index contributed by atoms with van der Waals surface area (Å²) in [6.45, 7) is -1.43. The monoisotopic (exact) mass is 295 g/mol. The molecular formula is C10H9F4N3OS. The molecule has 0 unspecified atom stereocenters. The third-order valence-corrected chi connectivity index (χ3v) is 3.04. The van der Waals surface area contributed by atoms with E-state index in [0.717, 1.165) is 0 Å². The largest absolute Gasteiger partial charge is 0.470 e. The fraction of sp³-hybridized carbons (Fsp3) is 0.400. The zero-order chi connectivity index (χ0) is 14.0. The van der Waals surface area contributed by atoms with E-state index in [1.807, 2.05) is 0 Å².